The Morgan fingerprint density at radius 1 is 1.00 bits per heavy atom. The highest BCUT2D eigenvalue weighted by molar-refractivity contribution is 5.79. The first kappa shape index (κ1) is 29.1. The molecule has 7 rings (SSSR count). The number of piperidine rings is 2. The number of aromatic nitrogens is 3. The Labute approximate surface area is 260 Å². The number of amides is 1. The van der Waals surface area contributed by atoms with Crippen LogP contribution in [-0.4, -0.2) is 69.2 Å². The number of methoxy groups -OCH3 is 1. The molecule has 0 spiro atoms. The van der Waals surface area contributed by atoms with E-state index in [1.165, 1.54) is 36.8 Å². The first-order valence-corrected chi connectivity index (χ1v) is 16.5. The number of carbonyl (C=O) groups excluding carboxylic acids is 1. The quantitative estimate of drug-likeness (QED) is 0.227. The minimum Gasteiger partial charge on any atom is -0.479 e. The smallest absolute Gasteiger partial charge is 0.257 e. The van der Waals surface area contributed by atoms with Crippen LogP contribution < -0.4 is 4.74 Å². The summed E-state index contributed by atoms with van der Waals surface area (Å²) in [5, 5.41) is 4.01. The molecule has 0 N–H and O–H groups in total. The van der Waals surface area contributed by atoms with Gasteiger partial charge in [-0.1, -0.05) is 49.4 Å². The number of imidazole rings is 1. The lowest BCUT2D eigenvalue weighted by Crippen LogP contribution is -2.49. The van der Waals surface area contributed by atoms with E-state index in [9.17, 15) is 4.79 Å². The van der Waals surface area contributed by atoms with Gasteiger partial charge in [0, 0.05) is 31.2 Å². The van der Waals surface area contributed by atoms with Crippen LogP contribution in [0.4, 0.5) is 0 Å². The number of aryl methyl sites for hydroxylation is 1. The Balaban J connectivity index is 1.03. The van der Waals surface area contributed by atoms with Crippen molar-refractivity contribution in [1.82, 2.24) is 24.5 Å². The van der Waals surface area contributed by atoms with Crippen molar-refractivity contribution in [1.29, 1.82) is 0 Å². The van der Waals surface area contributed by atoms with Crippen LogP contribution in [0.25, 0.3) is 11.0 Å². The number of nitrogens with zero attached hydrogens (tertiary/aromatic N) is 5. The number of benzene rings is 2. The van der Waals surface area contributed by atoms with E-state index in [0.717, 1.165) is 62.2 Å². The van der Waals surface area contributed by atoms with E-state index in [4.69, 9.17) is 14.2 Å². The minimum absolute atomic E-state index is 0.0789. The molecule has 3 atom stereocenters. The summed E-state index contributed by atoms with van der Waals surface area (Å²) in [5.74, 6) is 2.37. The summed E-state index contributed by atoms with van der Waals surface area (Å²) < 4.78 is 13.4. The molecule has 3 aliphatic heterocycles. The van der Waals surface area contributed by atoms with Gasteiger partial charge in [0.25, 0.3) is 5.88 Å². The molecule has 2 aromatic heterocycles. The van der Waals surface area contributed by atoms with Crippen LogP contribution in [0, 0.1) is 6.92 Å². The van der Waals surface area contributed by atoms with Crippen molar-refractivity contribution in [3.05, 3.63) is 77.3 Å². The summed E-state index contributed by atoms with van der Waals surface area (Å²) >= 11 is 0. The fourth-order valence-electron chi connectivity index (χ4n) is 8.67. The Morgan fingerprint density at radius 2 is 1.70 bits per heavy atom. The molecule has 44 heavy (non-hydrogen) atoms. The van der Waals surface area contributed by atoms with Gasteiger partial charge in [-0.2, -0.15) is 0 Å². The van der Waals surface area contributed by atoms with Crippen molar-refractivity contribution in [2.45, 2.75) is 95.2 Å². The van der Waals surface area contributed by atoms with Crippen LogP contribution in [0.1, 0.15) is 80.6 Å². The van der Waals surface area contributed by atoms with E-state index in [1.54, 1.807) is 7.11 Å². The number of fused-ring (bicyclic) bond motifs is 3. The lowest BCUT2D eigenvalue weighted by Gasteiger charge is -2.45. The van der Waals surface area contributed by atoms with Gasteiger partial charge in [0.1, 0.15) is 5.82 Å². The molecule has 0 aliphatic carbocycles. The average Bonchev–Trinajstić information content (AvgIpc) is 3.69. The van der Waals surface area contributed by atoms with Crippen LogP contribution in [0.5, 0.6) is 5.88 Å². The highest BCUT2D eigenvalue weighted by Crippen LogP contribution is 2.45. The zero-order valence-electron chi connectivity index (χ0n) is 26.4. The molecule has 0 radical (unpaired) electrons. The normalized spacial score (nSPS) is 23.3. The van der Waals surface area contributed by atoms with E-state index in [0.29, 0.717) is 29.8 Å². The van der Waals surface area contributed by atoms with E-state index in [1.807, 2.05) is 11.8 Å². The summed E-state index contributed by atoms with van der Waals surface area (Å²) in [7, 11) is 1.59. The highest BCUT2D eigenvalue weighted by Gasteiger charge is 2.44. The SMILES string of the molecule is CCc1c(OC)noc1CC(=O)N1CCC(CCN2[C@@H]3CC[C@H]2C[C@@H](n2c(C)nc4ccccc42)C3)(c2ccccc2)CC1. The van der Waals surface area contributed by atoms with Gasteiger partial charge in [0.2, 0.25) is 5.91 Å². The van der Waals surface area contributed by atoms with Crippen molar-refractivity contribution in [2.75, 3.05) is 26.7 Å². The summed E-state index contributed by atoms with van der Waals surface area (Å²) in [5.41, 5.74) is 4.78. The Hall–Kier alpha value is -3.65. The predicted octanol–water partition coefficient (Wildman–Crippen LogP) is 6.26. The van der Waals surface area contributed by atoms with Crippen LogP contribution >= 0.6 is 0 Å². The molecule has 0 unspecified atom stereocenters. The number of ether oxygens (including phenoxy) is 1. The lowest BCUT2D eigenvalue weighted by molar-refractivity contribution is -0.132. The Kier molecular flexibility index (Phi) is 7.95. The second kappa shape index (κ2) is 12.0. The monoisotopic (exact) mass is 595 g/mol. The maximum Gasteiger partial charge on any atom is 0.257 e. The number of hydrogen-bond acceptors (Lipinski definition) is 6. The molecule has 0 saturated carbocycles. The molecule has 4 aromatic rings. The molecular formula is C36H45N5O3. The van der Waals surface area contributed by atoms with Gasteiger partial charge < -0.3 is 18.7 Å². The standard InChI is InChI=1S/C36H45N5O3/c1-4-30-33(44-38-35(30)43-3)24-34(42)39-19-16-36(17-20-39,26-10-6-5-7-11-26)18-21-40-27-14-15-28(40)23-29(22-27)41-25(2)37-31-12-8-9-13-32(31)41/h5-13,27-29H,4,14-24H2,1-3H3/t27-,28+,29+. The third-order valence-electron chi connectivity index (χ3n) is 11.0. The fraction of sp³-hybridized carbons (Fsp3) is 0.528. The summed E-state index contributed by atoms with van der Waals surface area (Å²) in [6, 6.07) is 21.4. The lowest BCUT2D eigenvalue weighted by atomic mass is 9.70. The molecule has 2 aromatic carbocycles. The van der Waals surface area contributed by atoms with Crippen LogP contribution in [0.3, 0.4) is 0 Å². The minimum atomic E-state index is 0.0789. The number of hydrogen-bond donors (Lipinski definition) is 0. The predicted molar refractivity (Wildman–Crippen MR) is 171 cm³/mol. The molecule has 3 fully saturated rings. The number of rotatable bonds is 9. The molecule has 2 bridgehead atoms. The summed E-state index contributed by atoms with van der Waals surface area (Å²) in [6.07, 6.45) is 9.04. The van der Waals surface area contributed by atoms with Crippen LogP contribution in [-0.2, 0) is 23.1 Å². The summed E-state index contributed by atoms with van der Waals surface area (Å²) in [4.78, 5) is 23.2. The maximum absolute atomic E-state index is 13.4. The van der Waals surface area contributed by atoms with Gasteiger partial charge in [0.05, 0.1) is 30.1 Å². The number of likely N-dealkylation sites (tertiary alicyclic amines) is 1. The maximum atomic E-state index is 13.4. The first-order valence-electron chi connectivity index (χ1n) is 16.5. The van der Waals surface area contributed by atoms with E-state index in [2.05, 4.69) is 76.1 Å². The highest BCUT2D eigenvalue weighted by atomic mass is 16.5. The molecule has 232 valence electrons. The van der Waals surface area contributed by atoms with Crippen molar-refractivity contribution < 1.29 is 14.1 Å². The molecule has 1 amide bonds. The third-order valence-corrected chi connectivity index (χ3v) is 11.0. The van der Waals surface area contributed by atoms with Gasteiger partial charge in [0.15, 0.2) is 5.76 Å². The zero-order chi connectivity index (χ0) is 30.3. The Morgan fingerprint density at radius 3 is 2.41 bits per heavy atom. The van der Waals surface area contributed by atoms with Crippen molar-refractivity contribution >= 4 is 16.9 Å². The fourth-order valence-corrected chi connectivity index (χ4v) is 8.67. The average molecular weight is 596 g/mol. The topological polar surface area (TPSA) is 76.6 Å². The third kappa shape index (κ3) is 5.21. The van der Waals surface area contributed by atoms with Crippen molar-refractivity contribution in [3.8, 4) is 5.88 Å². The molecule has 3 aliphatic rings. The summed E-state index contributed by atoms with van der Waals surface area (Å²) in [6.45, 7) is 6.85. The van der Waals surface area contributed by atoms with Gasteiger partial charge in [-0.3, -0.25) is 9.69 Å². The molecule has 8 heteroatoms. The molecular weight excluding hydrogens is 550 g/mol. The van der Waals surface area contributed by atoms with Gasteiger partial charge in [-0.05, 0) is 93.1 Å². The van der Waals surface area contributed by atoms with Crippen LogP contribution in [0.15, 0.2) is 59.1 Å². The molecule has 5 heterocycles. The second-order valence-corrected chi connectivity index (χ2v) is 13.2. The largest absolute Gasteiger partial charge is 0.479 e. The van der Waals surface area contributed by atoms with Gasteiger partial charge in [-0.25, -0.2) is 4.98 Å². The molecule has 8 nitrogen and oxygen atoms in total. The van der Waals surface area contributed by atoms with Crippen molar-refractivity contribution in [3.63, 3.8) is 0 Å². The number of carbonyl (C=O) groups is 1. The van der Waals surface area contributed by atoms with E-state index >= 15 is 0 Å². The van der Waals surface area contributed by atoms with Gasteiger partial charge in [-0.15, -0.1) is 0 Å². The second-order valence-electron chi connectivity index (χ2n) is 13.2. The van der Waals surface area contributed by atoms with E-state index in [-0.39, 0.29) is 17.7 Å². The molecule has 3 saturated heterocycles. The van der Waals surface area contributed by atoms with Crippen LogP contribution in [0.2, 0.25) is 0 Å². The number of para-hydroxylation sites is 2. The Bertz CT molecular complexity index is 1590. The zero-order valence-corrected chi connectivity index (χ0v) is 26.4. The van der Waals surface area contributed by atoms with Crippen molar-refractivity contribution in [2.24, 2.45) is 0 Å². The van der Waals surface area contributed by atoms with E-state index < -0.39 is 0 Å². The van der Waals surface area contributed by atoms with Gasteiger partial charge >= 0.3 is 0 Å². The first-order chi connectivity index (χ1) is 21.5.